The first-order valence-corrected chi connectivity index (χ1v) is 7.06. The molecule has 1 aliphatic rings. The summed E-state index contributed by atoms with van der Waals surface area (Å²) in [5, 5.41) is 14.1. The molecule has 6 nitrogen and oxygen atoms in total. The van der Waals surface area contributed by atoms with Crippen molar-refractivity contribution < 1.29 is 4.79 Å². The number of carbonyl (C=O) groups is 1. The van der Waals surface area contributed by atoms with Crippen LogP contribution in [0.25, 0.3) is 0 Å². The molecular weight excluding hydrogens is 322 g/mol. The van der Waals surface area contributed by atoms with Crippen LogP contribution < -0.4 is 10.6 Å². The molecule has 2 unspecified atom stereocenters. The molecule has 2 heterocycles. The van der Waals surface area contributed by atoms with Crippen molar-refractivity contribution in [1.29, 1.82) is 0 Å². The average molecular weight is 336 g/mol. The van der Waals surface area contributed by atoms with Crippen LogP contribution >= 0.6 is 15.9 Å². The summed E-state index contributed by atoms with van der Waals surface area (Å²) in [6.45, 7) is 1.97. The molecule has 2 atom stereocenters. The highest BCUT2D eigenvalue weighted by Gasteiger charge is 2.32. The number of aryl methyl sites for hydroxylation is 1. The molecule has 1 amide bonds. The van der Waals surface area contributed by atoms with E-state index in [0.29, 0.717) is 0 Å². The van der Waals surface area contributed by atoms with Crippen LogP contribution in [0.1, 0.15) is 30.4 Å². The Balaban J connectivity index is 1.87. The third kappa shape index (κ3) is 2.23. The van der Waals surface area contributed by atoms with Crippen LogP contribution in [0.15, 0.2) is 29.0 Å². The van der Waals surface area contributed by atoms with Gasteiger partial charge in [0.2, 0.25) is 5.91 Å². The maximum Gasteiger partial charge on any atom is 0.246 e. The van der Waals surface area contributed by atoms with E-state index in [1.54, 1.807) is 6.33 Å². The zero-order valence-corrected chi connectivity index (χ0v) is 12.7. The van der Waals surface area contributed by atoms with Crippen molar-refractivity contribution in [2.75, 3.05) is 5.32 Å². The first-order valence-electron chi connectivity index (χ1n) is 6.26. The van der Waals surface area contributed by atoms with Gasteiger partial charge in [0.25, 0.3) is 0 Å². The van der Waals surface area contributed by atoms with Gasteiger partial charge in [0, 0.05) is 22.8 Å². The lowest BCUT2D eigenvalue weighted by Gasteiger charge is -2.17. The van der Waals surface area contributed by atoms with Crippen molar-refractivity contribution in [2.45, 2.75) is 19.0 Å². The molecule has 0 radical (unpaired) electrons. The molecular formula is C13H14BrN5O. The summed E-state index contributed by atoms with van der Waals surface area (Å²) in [5.41, 5.74) is 1.79. The average Bonchev–Trinajstić information content (AvgIpc) is 2.95. The largest absolute Gasteiger partial charge is 0.324 e. The Morgan fingerprint density at radius 2 is 2.30 bits per heavy atom. The van der Waals surface area contributed by atoms with Crippen LogP contribution in [0.3, 0.4) is 0 Å². The van der Waals surface area contributed by atoms with E-state index in [0.717, 1.165) is 21.5 Å². The Morgan fingerprint density at radius 1 is 1.50 bits per heavy atom. The van der Waals surface area contributed by atoms with E-state index in [4.69, 9.17) is 0 Å². The summed E-state index contributed by atoms with van der Waals surface area (Å²) < 4.78 is 2.79. The van der Waals surface area contributed by atoms with Gasteiger partial charge >= 0.3 is 0 Å². The molecule has 2 N–H and O–H groups in total. The maximum absolute atomic E-state index is 12.1. The van der Waals surface area contributed by atoms with E-state index in [2.05, 4.69) is 36.8 Å². The monoisotopic (exact) mass is 335 g/mol. The zero-order chi connectivity index (χ0) is 14.3. The Labute approximate surface area is 124 Å². The number of hydrogen-bond acceptors (Lipinski definition) is 4. The highest BCUT2D eigenvalue weighted by Crippen LogP contribution is 2.34. The lowest BCUT2D eigenvalue weighted by molar-refractivity contribution is -0.117. The number of amides is 1. The van der Waals surface area contributed by atoms with Crippen molar-refractivity contribution in [3.63, 3.8) is 0 Å². The number of hydrogen-bond donors (Lipinski definition) is 2. The van der Waals surface area contributed by atoms with Crippen LogP contribution in [0.5, 0.6) is 0 Å². The maximum atomic E-state index is 12.1. The fourth-order valence-electron chi connectivity index (χ4n) is 2.41. The molecule has 0 bridgehead atoms. The van der Waals surface area contributed by atoms with E-state index in [-0.39, 0.29) is 18.0 Å². The smallest absolute Gasteiger partial charge is 0.246 e. The second-order valence-electron chi connectivity index (χ2n) is 4.84. The molecule has 20 heavy (non-hydrogen) atoms. The number of anilines is 1. The molecule has 0 fully saturated rings. The molecule has 0 saturated carbocycles. The summed E-state index contributed by atoms with van der Waals surface area (Å²) in [7, 11) is 1.88. The van der Waals surface area contributed by atoms with E-state index in [1.165, 1.54) is 0 Å². The van der Waals surface area contributed by atoms with Gasteiger partial charge in [-0.3, -0.25) is 10.1 Å². The van der Waals surface area contributed by atoms with E-state index in [1.807, 2.05) is 36.7 Å². The van der Waals surface area contributed by atoms with Gasteiger partial charge in [-0.2, -0.15) is 0 Å². The van der Waals surface area contributed by atoms with Crippen molar-refractivity contribution >= 4 is 27.5 Å². The van der Waals surface area contributed by atoms with Crippen LogP contribution in [-0.4, -0.2) is 20.7 Å². The molecule has 3 rings (SSSR count). The molecule has 1 aromatic carbocycles. The minimum absolute atomic E-state index is 0.0490. The van der Waals surface area contributed by atoms with Gasteiger partial charge < -0.3 is 9.88 Å². The minimum Gasteiger partial charge on any atom is -0.324 e. The highest BCUT2D eigenvalue weighted by molar-refractivity contribution is 9.10. The van der Waals surface area contributed by atoms with Crippen LogP contribution in [-0.2, 0) is 11.8 Å². The number of halogens is 1. The molecule has 0 aliphatic carbocycles. The molecule has 1 aliphatic heterocycles. The third-order valence-electron chi connectivity index (χ3n) is 3.40. The first kappa shape index (κ1) is 13.3. The van der Waals surface area contributed by atoms with Crippen LogP contribution in [0.4, 0.5) is 5.69 Å². The lowest BCUT2D eigenvalue weighted by atomic mass is 10.1. The van der Waals surface area contributed by atoms with Gasteiger partial charge in [0.15, 0.2) is 0 Å². The fraction of sp³-hybridized carbons (Fsp3) is 0.308. The van der Waals surface area contributed by atoms with Gasteiger partial charge in [-0.25, -0.2) is 0 Å². The van der Waals surface area contributed by atoms with E-state index in [9.17, 15) is 4.79 Å². The normalized spacial score (nSPS) is 18.8. The van der Waals surface area contributed by atoms with Gasteiger partial charge in [-0.05, 0) is 25.1 Å². The summed E-state index contributed by atoms with van der Waals surface area (Å²) in [4.78, 5) is 12.1. The Morgan fingerprint density at radius 3 is 3.00 bits per heavy atom. The molecule has 104 valence electrons. The van der Waals surface area contributed by atoms with Crippen molar-refractivity contribution in [3.8, 4) is 0 Å². The first-order chi connectivity index (χ1) is 9.56. The van der Waals surface area contributed by atoms with E-state index < -0.39 is 0 Å². The summed E-state index contributed by atoms with van der Waals surface area (Å²) in [6.07, 6.45) is 1.65. The minimum atomic E-state index is -0.380. The van der Waals surface area contributed by atoms with Crippen LogP contribution in [0, 0.1) is 0 Å². The summed E-state index contributed by atoms with van der Waals surface area (Å²) in [6, 6.07) is 5.30. The second-order valence-corrected chi connectivity index (χ2v) is 5.76. The number of fused-ring (bicyclic) bond motifs is 1. The topological polar surface area (TPSA) is 71.8 Å². The lowest BCUT2D eigenvalue weighted by Crippen LogP contribution is -2.31. The highest BCUT2D eigenvalue weighted by atomic mass is 79.9. The summed E-state index contributed by atoms with van der Waals surface area (Å²) in [5.74, 6) is 0.744. The van der Waals surface area contributed by atoms with Gasteiger partial charge in [-0.1, -0.05) is 15.9 Å². The number of nitrogens with zero attached hydrogens (tertiary/aromatic N) is 3. The predicted molar refractivity (Wildman–Crippen MR) is 78.1 cm³/mol. The molecule has 0 saturated heterocycles. The second kappa shape index (κ2) is 4.99. The van der Waals surface area contributed by atoms with Gasteiger partial charge in [0.05, 0.1) is 6.04 Å². The number of nitrogens with one attached hydrogen (secondary N) is 2. The van der Waals surface area contributed by atoms with E-state index >= 15 is 0 Å². The number of rotatable bonds is 3. The number of benzene rings is 1. The molecule has 1 aromatic heterocycles. The SMILES string of the molecule is CC(NC1C(=O)Nc2ccc(Br)cc21)c1nncn1C. The van der Waals surface area contributed by atoms with Crippen molar-refractivity contribution in [3.05, 3.63) is 40.4 Å². The van der Waals surface area contributed by atoms with Crippen LogP contribution in [0.2, 0.25) is 0 Å². The van der Waals surface area contributed by atoms with Gasteiger partial charge in [0.1, 0.15) is 18.2 Å². The number of aromatic nitrogens is 3. The standard InChI is InChI=1S/C13H14BrN5O/c1-7(12-18-15-6-19(12)2)16-11-9-5-8(14)3-4-10(9)17-13(11)20/h3-7,11,16H,1-2H3,(H,17,20). The summed E-state index contributed by atoms with van der Waals surface area (Å²) >= 11 is 3.44. The van der Waals surface area contributed by atoms with Crippen molar-refractivity contribution in [1.82, 2.24) is 20.1 Å². The quantitative estimate of drug-likeness (QED) is 0.898. The molecule has 7 heteroatoms. The molecule has 0 spiro atoms. The fourth-order valence-corrected chi connectivity index (χ4v) is 2.79. The Kier molecular flexibility index (Phi) is 3.31. The number of carbonyl (C=O) groups excluding carboxylic acids is 1. The third-order valence-corrected chi connectivity index (χ3v) is 3.89. The van der Waals surface area contributed by atoms with Gasteiger partial charge in [-0.15, -0.1) is 10.2 Å². The Bertz CT molecular complexity index is 669. The van der Waals surface area contributed by atoms with Crippen molar-refractivity contribution in [2.24, 2.45) is 7.05 Å². The Hall–Kier alpha value is -1.73. The molecule has 2 aromatic rings. The zero-order valence-electron chi connectivity index (χ0n) is 11.1. The predicted octanol–water partition coefficient (Wildman–Crippen LogP) is 1.92.